The smallest absolute Gasteiger partial charge is 0.270 e. The number of aliphatic hydroxyl groups excluding tert-OH is 1. The summed E-state index contributed by atoms with van der Waals surface area (Å²) in [5.41, 5.74) is 1.12. The highest BCUT2D eigenvalue weighted by molar-refractivity contribution is 7.09. The van der Waals surface area contributed by atoms with Crippen LogP contribution in [0.5, 0.6) is 0 Å². The van der Waals surface area contributed by atoms with Crippen molar-refractivity contribution in [1.82, 2.24) is 10.3 Å². The maximum atomic E-state index is 12.1. The van der Waals surface area contributed by atoms with E-state index in [-0.39, 0.29) is 12.5 Å². The van der Waals surface area contributed by atoms with Crippen molar-refractivity contribution in [3.05, 3.63) is 64.1 Å². The van der Waals surface area contributed by atoms with Crippen molar-refractivity contribution in [3.63, 3.8) is 0 Å². The van der Waals surface area contributed by atoms with Crippen LogP contribution in [0, 0.1) is 0 Å². The molecule has 1 amide bonds. The maximum Gasteiger partial charge on any atom is 0.270 e. The summed E-state index contributed by atoms with van der Waals surface area (Å²) in [6, 6.07) is 13.7. The lowest BCUT2D eigenvalue weighted by atomic mass is 10.0. The average Bonchev–Trinajstić information content (AvgIpc) is 3.08. The summed E-state index contributed by atoms with van der Waals surface area (Å²) in [6.45, 7) is 0.520. The standard InChI is InChI=1S/C18H18N2O3S/c1-23-10-17-20-15(11-24-17)18(22)19-9-16(21)14-7-6-12-4-2-3-5-13(12)8-14/h2-8,11,16,21H,9-10H2,1H3,(H,19,22). The van der Waals surface area contributed by atoms with Gasteiger partial charge >= 0.3 is 0 Å². The minimum Gasteiger partial charge on any atom is -0.387 e. The lowest BCUT2D eigenvalue weighted by Gasteiger charge is -2.12. The van der Waals surface area contributed by atoms with Gasteiger partial charge in [-0.3, -0.25) is 4.79 Å². The first-order valence-electron chi connectivity index (χ1n) is 7.55. The normalized spacial score (nSPS) is 12.2. The van der Waals surface area contributed by atoms with Crippen molar-refractivity contribution in [2.75, 3.05) is 13.7 Å². The first-order valence-corrected chi connectivity index (χ1v) is 8.43. The molecule has 1 atom stereocenters. The molecule has 0 bridgehead atoms. The Labute approximate surface area is 143 Å². The number of carbonyl (C=O) groups is 1. The molecule has 2 aromatic carbocycles. The van der Waals surface area contributed by atoms with Crippen LogP contribution in [0.15, 0.2) is 47.8 Å². The second kappa shape index (κ2) is 7.53. The lowest BCUT2D eigenvalue weighted by Crippen LogP contribution is -2.28. The van der Waals surface area contributed by atoms with Crippen LogP contribution in [-0.4, -0.2) is 29.7 Å². The lowest BCUT2D eigenvalue weighted by molar-refractivity contribution is 0.0911. The molecule has 5 nitrogen and oxygen atoms in total. The molecule has 0 spiro atoms. The molecule has 124 valence electrons. The van der Waals surface area contributed by atoms with E-state index in [1.54, 1.807) is 12.5 Å². The second-order valence-electron chi connectivity index (χ2n) is 5.39. The topological polar surface area (TPSA) is 71.5 Å². The van der Waals surface area contributed by atoms with Gasteiger partial charge in [0.15, 0.2) is 0 Å². The first kappa shape index (κ1) is 16.6. The minimum atomic E-state index is -0.768. The van der Waals surface area contributed by atoms with Gasteiger partial charge in [-0.1, -0.05) is 36.4 Å². The Hall–Kier alpha value is -2.28. The summed E-state index contributed by atoms with van der Waals surface area (Å²) in [5, 5.41) is 17.6. The quantitative estimate of drug-likeness (QED) is 0.722. The van der Waals surface area contributed by atoms with Crippen LogP contribution >= 0.6 is 11.3 Å². The van der Waals surface area contributed by atoms with E-state index in [0.717, 1.165) is 21.3 Å². The van der Waals surface area contributed by atoms with Crippen molar-refractivity contribution in [2.45, 2.75) is 12.7 Å². The highest BCUT2D eigenvalue weighted by atomic mass is 32.1. The van der Waals surface area contributed by atoms with Gasteiger partial charge in [-0.05, 0) is 22.4 Å². The van der Waals surface area contributed by atoms with E-state index < -0.39 is 6.10 Å². The summed E-state index contributed by atoms with van der Waals surface area (Å²) in [7, 11) is 1.58. The molecule has 0 aliphatic heterocycles. The molecule has 24 heavy (non-hydrogen) atoms. The zero-order chi connectivity index (χ0) is 16.9. The van der Waals surface area contributed by atoms with E-state index in [2.05, 4.69) is 10.3 Å². The molecule has 3 aromatic rings. The van der Waals surface area contributed by atoms with Crippen LogP contribution < -0.4 is 5.32 Å². The monoisotopic (exact) mass is 342 g/mol. The summed E-state index contributed by atoms with van der Waals surface area (Å²) in [5.74, 6) is -0.298. The third-order valence-corrected chi connectivity index (χ3v) is 4.49. The van der Waals surface area contributed by atoms with Gasteiger partial charge in [0.2, 0.25) is 0 Å². The Morgan fingerprint density at radius 2 is 2.08 bits per heavy atom. The molecule has 0 aliphatic rings. The zero-order valence-electron chi connectivity index (χ0n) is 13.2. The number of carbonyl (C=O) groups excluding carboxylic acids is 1. The fourth-order valence-electron chi connectivity index (χ4n) is 2.42. The zero-order valence-corrected chi connectivity index (χ0v) is 14.0. The van der Waals surface area contributed by atoms with E-state index in [9.17, 15) is 9.90 Å². The predicted molar refractivity (Wildman–Crippen MR) is 94.1 cm³/mol. The van der Waals surface area contributed by atoms with Crippen molar-refractivity contribution in [2.24, 2.45) is 0 Å². The Balaban J connectivity index is 1.62. The number of fused-ring (bicyclic) bond motifs is 1. The Kier molecular flexibility index (Phi) is 5.20. The summed E-state index contributed by atoms with van der Waals surface area (Å²) in [6.07, 6.45) is -0.768. The highest BCUT2D eigenvalue weighted by Crippen LogP contribution is 2.20. The molecule has 0 saturated heterocycles. The number of thiazole rings is 1. The third kappa shape index (κ3) is 3.79. The molecule has 1 aromatic heterocycles. The molecule has 3 rings (SSSR count). The van der Waals surface area contributed by atoms with Gasteiger partial charge in [-0.2, -0.15) is 0 Å². The molecular formula is C18H18N2O3S. The number of aromatic nitrogens is 1. The van der Waals surface area contributed by atoms with E-state index in [1.807, 2.05) is 42.5 Å². The number of nitrogens with one attached hydrogen (secondary N) is 1. The van der Waals surface area contributed by atoms with Crippen LogP contribution in [-0.2, 0) is 11.3 Å². The fourth-order valence-corrected chi connectivity index (χ4v) is 3.16. The number of nitrogens with zero attached hydrogens (tertiary/aromatic N) is 1. The maximum absolute atomic E-state index is 12.1. The number of benzene rings is 2. The van der Waals surface area contributed by atoms with Gasteiger partial charge in [0.25, 0.3) is 5.91 Å². The molecule has 0 fully saturated rings. The largest absolute Gasteiger partial charge is 0.387 e. The van der Waals surface area contributed by atoms with Crippen LogP contribution in [0.4, 0.5) is 0 Å². The number of rotatable bonds is 6. The minimum absolute atomic E-state index is 0.133. The number of hydrogen-bond acceptors (Lipinski definition) is 5. The van der Waals surface area contributed by atoms with Crippen LogP contribution in [0.2, 0.25) is 0 Å². The van der Waals surface area contributed by atoms with Gasteiger partial charge in [0.1, 0.15) is 10.7 Å². The van der Waals surface area contributed by atoms with Crippen molar-refractivity contribution in [1.29, 1.82) is 0 Å². The molecule has 0 radical (unpaired) electrons. The summed E-state index contributed by atoms with van der Waals surface area (Å²) in [4.78, 5) is 16.3. The van der Waals surface area contributed by atoms with Gasteiger partial charge < -0.3 is 15.2 Å². The van der Waals surface area contributed by atoms with Gasteiger partial charge in [-0.15, -0.1) is 11.3 Å². The fraction of sp³-hybridized carbons (Fsp3) is 0.222. The summed E-state index contributed by atoms with van der Waals surface area (Å²) < 4.78 is 4.99. The van der Waals surface area contributed by atoms with Crippen molar-refractivity contribution < 1.29 is 14.6 Å². The predicted octanol–water partition coefficient (Wildman–Crippen LogP) is 2.91. The van der Waals surface area contributed by atoms with Gasteiger partial charge in [0, 0.05) is 19.0 Å². The number of hydrogen-bond donors (Lipinski definition) is 2. The number of methoxy groups -OCH3 is 1. The van der Waals surface area contributed by atoms with Crippen LogP contribution in [0.25, 0.3) is 10.8 Å². The molecule has 1 unspecified atom stereocenters. The molecule has 6 heteroatoms. The first-order chi connectivity index (χ1) is 11.7. The number of amides is 1. The van der Waals surface area contributed by atoms with Crippen molar-refractivity contribution >= 4 is 28.0 Å². The average molecular weight is 342 g/mol. The molecular weight excluding hydrogens is 324 g/mol. The Bertz CT molecular complexity index is 847. The third-order valence-electron chi connectivity index (χ3n) is 3.67. The Morgan fingerprint density at radius 3 is 2.88 bits per heavy atom. The van der Waals surface area contributed by atoms with Crippen molar-refractivity contribution in [3.8, 4) is 0 Å². The highest BCUT2D eigenvalue weighted by Gasteiger charge is 2.14. The van der Waals surface area contributed by atoms with E-state index >= 15 is 0 Å². The van der Waals surface area contributed by atoms with Gasteiger partial charge in [-0.25, -0.2) is 4.98 Å². The molecule has 2 N–H and O–H groups in total. The Morgan fingerprint density at radius 1 is 1.29 bits per heavy atom. The van der Waals surface area contributed by atoms with E-state index in [4.69, 9.17) is 4.74 Å². The van der Waals surface area contributed by atoms with E-state index in [0.29, 0.717) is 12.3 Å². The van der Waals surface area contributed by atoms with Gasteiger partial charge in [0.05, 0.1) is 12.7 Å². The molecule has 1 heterocycles. The van der Waals surface area contributed by atoms with E-state index in [1.165, 1.54) is 11.3 Å². The number of aliphatic hydroxyl groups is 1. The molecule has 0 saturated carbocycles. The van der Waals surface area contributed by atoms with Crippen LogP contribution in [0.1, 0.15) is 27.2 Å². The second-order valence-corrected chi connectivity index (χ2v) is 6.33. The van der Waals surface area contributed by atoms with Crippen LogP contribution in [0.3, 0.4) is 0 Å². The molecule has 0 aliphatic carbocycles. The SMILES string of the molecule is COCc1nc(C(=O)NCC(O)c2ccc3ccccc3c2)cs1. The number of ether oxygens (including phenoxy) is 1. The summed E-state index contributed by atoms with van der Waals surface area (Å²) >= 11 is 1.38.